The Hall–Kier alpha value is -2.58. The second-order valence-corrected chi connectivity index (χ2v) is 13.9. The minimum Gasteiger partial charge on any atom is -0.493 e. The highest BCUT2D eigenvalue weighted by molar-refractivity contribution is 7.92. The number of fused-ring (bicyclic) bond motifs is 1. The summed E-state index contributed by atoms with van der Waals surface area (Å²) >= 11 is 0. The Morgan fingerprint density at radius 3 is 2.44 bits per heavy atom. The largest absolute Gasteiger partial charge is 0.493 e. The van der Waals surface area contributed by atoms with E-state index in [1.165, 1.54) is 0 Å². The van der Waals surface area contributed by atoms with Crippen molar-refractivity contribution < 1.29 is 27.8 Å². The number of aryl methyl sites for hydroxylation is 1. The predicted molar refractivity (Wildman–Crippen MR) is 155 cm³/mol. The van der Waals surface area contributed by atoms with Gasteiger partial charge < -0.3 is 14.6 Å². The zero-order valence-electron chi connectivity index (χ0n) is 24.1. The second kappa shape index (κ2) is 11.5. The molecule has 8 heteroatoms. The number of carboxylic acids is 1. The van der Waals surface area contributed by atoms with Crippen LogP contribution < -0.4 is 9.46 Å². The van der Waals surface area contributed by atoms with Gasteiger partial charge in [-0.05, 0) is 119 Å². The maximum atomic E-state index is 13.3. The Bertz CT molecular complexity index is 1340. The van der Waals surface area contributed by atoms with Crippen molar-refractivity contribution in [3.8, 4) is 16.9 Å². The van der Waals surface area contributed by atoms with Crippen LogP contribution in [0.3, 0.4) is 0 Å². The van der Waals surface area contributed by atoms with Crippen molar-refractivity contribution in [2.75, 3.05) is 17.1 Å². The first kappa shape index (κ1) is 29.4. The molecule has 214 valence electrons. The molecule has 2 aliphatic rings. The van der Waals surface area contributed by atoms with Crippen LogP contribution in [0.15, 0.2) is 18.2 Å². The number of carboxylic acid groups (broad SMARTS) is 1. The van der Waals surface area contributed by atoms with E-state index in [4.69, 9.17) is 9.47 Å². The van der Waals surface area contributed by atoms with E-state index in [0.717, 1.165) is 78.5 Å². The second-order valence-electron chi connectivity index (χ2n) is 12.2. The SMILES string of the molecule is Cc1cc(NS(=O)(=O)CC2CCCCC2)c(C)c(C(OC(C)(C)C)C(=O)O)c1-c1ccc2c(c1C)CCCO2. The third-order valence-corrected chi connectivity index (χ3v) is 9.33. The molecule has 1 aliphatic carbocycles. The molecule has 1 atom stereocenters. The first-order valence-corrected chi connectivity index (χ1v) is 15.7. The fourth-order valence-corrected chi connectivity index (χ4v) is 7.66. The lowest BCUT2D eigenvalue weighted by Gasteiger charge is -2.30. The van der Waals surface area contributed by atoms with E-state index in [0.29, 0.717) is 23.4 Å². The number of hydrogen-bond acceptors (Lipinski definition) is 5. The lowest BCUT2D eigenvalue weighted by Crippen LogP contribution is -2.29. The summed E-state index contributed by atoms with van der Waals surface area (Å²) in [5.41, 5.74) is 5.35. The molecule has 0 bridgehead atoms. The number of rotatable bonds is 8. The number of benzene rings is 2. The van der Waals surface area contributed by atoms with Gasteiger partial charge in [0.25, 0.3) is 0 Å². The maximum Gasteiger partial charge on any atom is 0.337 e. The van der Waals surface area contributed by atoms with Gasteiger partial charge in [0.05, 0.1) is 23.6 Å². The number of sulfonamides is 1. The molecular formula is C31H43NO6S. The number of ether oxygens (including phenoxy) is 2. The van der Waals surface area contributed by atoms with Crippen LogP contribution in [0.2, 0.25) is 0 Å². The number of nitrogens with one attached hydrogen (secondary N) is 1. The molecule has 1 heterocycles. The zero-order chi connectivity index (χ0) is 28.5. The average Bonchev–Trinajstić information content (AvgIpc) is 2.85. The van der Waals surface area contributed by atoms with E-state index in [1.54, 1.807) is 6.92 Å². The van der Waals surface area contributed by atoms with Crippen LogP contribution in [0.4, 0.5) is 5.69 Å². The van der Waals surface area contributed by atoms with Crippen LogP contribution in [-0.2, 0) is 26.0 Å². The topological polar surface area (TPSA) is 102 Å². The Morgan fingerprint density at radius 2 is 1.79 bits per heavy atom. The first-order valence-electron chi connectivity index (χ1n) is 14.1. The van der Waals surface area contributed by atoms with Crippen LogP contribution in [0.5, 0.6) is 5.75 Å². The van der Waals surface area contributed by atoms with Crippen molar-refractivity contribution >= 4 is 21.7 Å². The fourth-order valence-electron chi connectivity index (χ4n) is 6.07. The third kappa shape index (κ3) is 6.77. The average molecular weight is 558 g/mol. The number of aliphatic carboxylic acids is 1. The van der Waals surface area contributed by atoms with Crippen molar-refractivity contribution in [1.29, 1.82) is 0 Å². The fraction of sp³-hybridized carbons (Fsp3) is 0.581. The standard InChI is InChI=1S/C31H43NO6S/c1-19-17-25(32-39(35,36)18-22-11-8-7-9-12-22)21(3)28(29(30(33)34)38-31(4,5)6)27(19)24-14-15-26-23(20(24)2)13-10-16-37-26/h14-15,17,22,29,32H,7-13,16,18H2,1-6H3,(H,33,34). The van der Waals surface area contributed by atoms with E-state index >= 15 is 0 Å². The first-order chi connectivity index (χ1) is 18.3. The van der Waals surface area contributed by atoms with E-state index in [-0.39, 0.29) is 11.7 Å². The smallest absolute Gasteiger partial charge is 0.337 e. The molecule has 39 heavy (non-hydrogen) atoms. The molecule has 0 aromatic heterocycles. The van der Waals surface area contributed by atoms with Gasteiger partial charge in [-0.2, -0.15) is 0 Å². The van der Waals surface area contributed by atoms with Crippen molar-refractivity contribution in [2.45, 2.75) is 98.2 Å². The molecule has 2 N–H and O–H groups in total. The molecule has 0 spiro atoms. The minimum absolute atomic E-state index is 0.0767. The number of anilines is 1. The monoisotopic (exact) mass is 557 g/mol. The van der Waals surface area contributed by atoms with E-state index in [2.05, 4.69) is 4.72 Å². The molecule has 1 aliphatic heterocycles. The molecule has 2 aromatic carbocycles. The summed E-state index contributed by atoms with van der Waals surface area (Å²) in [6.07, 6.45) is 5.66. The molecule has 7 nitrogen and oxygen atoms in total. The summed E-state index contributed by atoms with van der Waals surface area (Å²) < 4.78 is 41.4. The Morgan fingerprint density at radius 1 is 1.10 bits per heavy atom. The van der Waals surface area contributed by atoms with Gasteiger partial charge in [-0.3, -0.25) is 4.72 Å². The van der Waals surface area contributed by atoms with Crippen molar-refractivity contribution in [1.82, 2.24) is 0 Å². The van der Waals surface area contributed by atoms with Gasteiger partial charge in [0.15, 0.2) is 6.10 Å². The van der Waals surface area contributed by atoms with Crippen molar-refractivity contribution in [3.05, 3.63) is 46.0 Å². The summed E-state index contributed by atoms with van der Waals surface area (Å²) in [6.45, 7) is 11.9. The molecule has 0 amide bonds. The number of hydrogen-bond donors (Lipinski definition) is 2. The van der Waals surface area contributed by atoms with E-state index in [9.17, 15) is 18.3 Å². The summed E-state index contributed by atoms with van der Waals surface area (Å²) in [5.74, 6) is -0.0262. The molecule has 0 radical (unpaired) electrons. The van der Waals surface area contributed by atoms with Gasteiger partial charge in [-0.15, -0.1) is 0 Å². The summed E-state index contributed by atoms with van der Waals surface area (Å²) in [7, 11) is -3.62. The van der Waals surface area contributed by atoms with E-state index < -0.39 is 27.7 Å². The van der Waals surface area contributed by atoms with Crippen molar-refractivity contribution in [3.63, 3.8) is 0 Å². The predicted octanol–water partition coefficient (Wildman–Crippen LogP) is 6.87. The highest BCUT2D eigenvalue weighted by Crippen LogP contribution is 2.44. The van der Waals surface area contributed by atoms with Crippen LogP contribution in [0, 0.1) is 26.7 Å². The zero-order valence-corrected chi connectivity index (χ0v) is 25.0. The quantitative estimate of drug-likeness (QED) is 0.367. The highest BCUT2D eigenvalue weighted by Gasteiger charge is 2.34. The minimum atomic E-state index is -3.62. The van der Waals surface area contributed by atoms with Crippen molar-refractivity contribution in [2.24, 2.45) is 5.92 Å². The van der Waals surface area contributed by atoms with Gasteiger partial charge in [-0.1, -0.05) is 25.3 Å². The van der Waals surface area contributed by atoms with Gasteiger partial charge >= 0.3 is 5.97 Å². The van der Waals surface area contributed by atoms with Gasteiger partial charge in [0.2, 0.25) is 10.0 Å². The summed E-state index contributed by atoms with van der Waals surface area (Å²) in [4.78, 5) is 12.7. The lowest BCUT2D eigenvalue weighted by atomic mass is 9.84. The van der Waals surface area contributed by atoms with Crippen LogP contribution in [0.25, 0.3) is 11.1 Å². The Labute approximate surface area is 233 Å². The van der Waals surface area contributed by atoms with Gasteiger partial charge in [0, 0.05) is 5.56 Å². The molecule has 1 fully saturated rings. The molecule has 2 aromatic rings. The van der Waals surface area contributed by atoms with Crippen LogP contribution in [-0.4, -0.2) is 37.5 Å². The van der Waals surface area contributed by atoms with Crippen LogP contribution >= 0.6 is 0 Å². The summed E-state index contributed by atoms with van der Waals surface area (Å²) in [5, 5.41) is 10.4. The Kier molecular flexibility index (Phi) is 8.67. The molecule has 0 saturated heterocycles. The normalized spacial score (nSPS) is 17.3. The van der Waals surface area contributed by atoms with Crippen LogP contribution in [0.1, 0.15) is 93.2 Å². The Balaban J connectivity index is 1.87. The van der Waals surface area contributed by atoms with E-state index in [1.807, 2.05) is 52.8 Å². The molecule has 4 rings (SSSR count). The molecule has 1 saturated carbocycles. The molecule has 1 unspecified atom stereocenters. The third-order valence-electron chi connectivity index (χ3n) is 7.89. The lowest BCUT2D eigenvalue weighted by molar-refractivity contribution is -0.160. The molecular weight excluding hydrogens is 514 g/mol. The highest BCUT2D eigenvalue weighted by atomic mass is 32.2. The summed E-state index contributed by atoms with van der Waals surface area (Å²) in [6, 6.07) is 5.77. The van der Waals surface area contributed by atoms with Gasteiger partial charge in [0.1, 0.15) is 5.75 Å². The van der Waals surface area contributed by atoms with Gasteiger partial charge in [-0.25, -0.2) is 13.2 Å². The number of carbonyl (C=O) groups is 1. The maximum absolute atomic E-state index is 13.3.